The zero-order chi connectivity index (χ0) is 27.7. The van der Waals surface area contributed by atoms with Crippen molar-refractivity contribution in [2.45, 2.75) is 6.18 Å². The van der Waals surface area contributed by atoms with E-state index in [1.807, 2.05) is 0 Å². The van der Waals surface area contributed by atoms with Crippen molar-refractivity contribution in [2.75, 3.05) is 4.90 Å². The fourth-order valence-corrected chi connectivity index (χ4v) is 4.78. The SMILES string of the molecule is O=C(c1ccccc1)c1cnc2c(C(F)(F)F)cccc2c1-c1cccc(N(C(=O)O)c2ccccc2)c1Cl. The predicted octanol–water partition coefficient (Wildman–Crippen LogP) is 8.62. The highest BCUT2D eigenvalue weighted by Gasteiger charge is 2.34. The third kappa shape index (κ3) is 4.82. The van der Waals surface area contributed by atoms with Crippen molar-refractivity contribution in [3.63, 3.8) is 0 Å². The number of anilines is 2. The molecule has 0 aliphatic carbocycles. The molecule has 0 spiro atoms. The van der Waals surface area contributed by atoms with Gasteiger partial charge < -0.3 is 5.11 Å². The van der Waals surface area contributed by atoms with Crippen LogP contribution in [0.25, 0.3) is 22.0 Å². The molecule has 1 heterocycles. The van der Waals surface area contributed by atoms with Crippen LogP contribution in [-0.2, 0) is 6.18 Å². The smallest absolute Gasteiger partial charge is 0.418 e. The zero-order valence-corrected chi connectivity index (χ0v) is 20.7. The average molecular weight is 547 g/mol. The van der Waals surface area contributed by atoms with Crippen LogP contribution in [0.3, 0.4) is 0 Å². The molecule has 0 aliphatic heterocycles. The summed E-state index contributed by atoms with van der Waals surface area (Å²) in [5.74, 6) is -0.475. The number of hydrogen-bond donors (Lipinski definition) is 1. The number of para-hydroxylation sites is 2. The summed E-state index contributed by atoms with van der Waals surface area (Å²) in [5.41, 5.74) is -0.323. The fourth-order valence-electron chi connectivity index (χ4n) is 4.47. The van der Waals surface area contributed by atoms with Crippen LogP contribution in [0.4, 0.5) is 29.3 Å². The lowest BCUT2D eigenvalue weighted by atomic mass is 9.90. The summed E-state index contributed by atoms with van der Waals surface area (Å²) in [6, 6.07) is 24.6. The van der Waals surface area contributed by atoms with Gasteiger partial charge in [-0.1, -0.05) is 84.4 Å². The third-order valence-electron chi connectivity index (χ3n) is 6.18. The Bertz CT molecular complexity index is 1710. The first-order chi connectivity index (χ1) is 18.7. The van der Waals surface area contributed by atoms with Crippen LogP contribution < -0.4 is 4.90 Å². The first kappa shape index (κ1) is 25.9. The molecule has 5 nitrogen and oxygen atoms in total. The predicted molar refractivity (Wildman–Crippen MR) is 144 cm³/mol. The Balaban J connectivity index is 1.83. The van der Waals surface area contributed by atoms with E-state index in [-0.39, 0.29) is 38.3 Å². The summed E-state index contributed by atoms with van der Waals surface area (Å²) in [6.07, 6.45) is -4.91. The topological polar surface area (TPSA) is 70.5 Å². The second-order valence-corrected chi connectivity index (χ2v) is 8.91. The monoisotopic (exact) mass is 546 g/mol. The molecule has 0 bridgehead atoms. The van der Waals surface area contributed by atoms with E-state index in [0.29, 0.717) is 11.3 Å². The molecular weight excluding hydrogens is 529 g/mol. The van der Waals surface area contributed by atoms with E-state index < -0.39 is 23.6 Å². The number of aromatic nitrogens is 1. The van der Waals surface area contributed by atoms with E-state index in [9.17, 15) is 27.9 Å². The van der Waals surface area contributed by atoms with Gasteiger partial charge >= 0.3 is 12.3 Å². The number of hydrogen-bond acceptors (Lipinski definition) is 3. The standard InChI is InChI=1S/C30H18ClF3N2O3/c31-26-20(13-8-16-24(26)36(29(38)39)19-11-5-2-6-12-19)25-21-14-7-15-23(30(32,33)34)27(21)35-17-22(25)28(37)18-9-3-1-4-10-18/h1-17H,(H,38,39). The van der Waals surface area contributed by atoms with Gasteiger partial charge in [0.2, 0.25) is 0 Å². The van der Waals surface area contributed by atoms with Crippen molar-refractivity contribution in [1.29, 1.82) is 0 Å². The summed E-state index contributed by atoms with van der Waals surface area (Å²) >= 11 is 6.83. The molecule has 0 fully saturated rings. The van der Waals surface area contributed by atoms with E-state index >= 15 is 0 Å². The first-order valence-corrected chi connectivity index (χ1v) is 12.0. The molecule has 0 atom stereocenters. The number of carboxylic acid groups (broad SMARTS) is 1. The highest BCUT2D eigenvalue weighted by molar-refractivity contribution is 6.37. The fraction of sp³-hybridized carbons (Fsp3) is 0.0333. The third-order valence-corrected chi connectivity index (χ3v) is 6.57. The van der Waals surface area contributed by atoms with Crippen LogP contribution in [0.5, 0.6) is 0 Å². The Kier molecular flexibility index (Phi) is 6.80. The summed E-state index contributed by atoms with van der Waals surface area (Å²) in [7, 11) is 0. The molecule has 194 valence electrons. The molecule has 0 radical (unpaired) electrons. The maximum atomic E-state index is 13.9. The molecule has 39 heavy (non-hydrogen) atoms. The number of halogens is 4. The highest BCUT2D eigenvalue weighted by atomic mass is 35.5. The molecule has 1 amide bonds. The van der Waals surface area contributed by atoms with Crippen molar-refractivity contribution in [3.8, 4) is 11.1 Å². The molecule has 5 aromatic rings. The van der Waals surface area contributed by atoms with E-state index in [2.05, 4.69) is 4.98 Å². The van der Waals surface area contributed by atoms with Crippen molar-refractivity contribution < 1.29 is 27.9 Å². The Labute approximate surface area is 225 Å². The van der Waals surface area contributed by atoms with E-state index in [0.717, 1.165) is 17.2 Å². The number of amides is 1. The molecule has 9 heteroatoms. The number of fused-ring (bicyclic) bond motifs is 1. The highest BCUT2D eigenvalue weighted by Crippen LogP contribution is 2.44. The van der Waals surface area contributed by atoms with Gasteiger partial charge in [0, 0.05) is 33.8 Å². The second-order valence-electron chi connectivity index (χ2n) is 8.53. The maximum Gasteiger partial charge on any atom is 0.418 e. The summed E-state index contributed by atoms with van der Waals surface area (Å²) in [5, 5.41) is 10.0. The number of carbonyl (C=O) groups excluding carboxylic acids is 1. The quantitative estimate of drug-likeness (QED) is 0.224. The van der Waals surface area contributed by atoms with Gasteiger partial charge in [-0.2, -0.15) is 13.2 Å². The minimum Gasteiger partial charge on any atom is -0.464 e. The number of ketones is 1. The largest absolute Gasteiger partial charge is 0.464 e. The van der Waals surface area contributed by atoms with Crippen molar-refractivity contribution in [3.05, 3.63) is 125 Å². The van der Waals surface area contributed by atoms with Crippen LogP contribution in [0, 0.1) is 0 Å². The lowest BCUT2D eigenvalue weighted by Crippen LogP contribution is -2.24. The van der Waals surface area contributed by atoms with Gasteiger partial charge in [0.1, 0.15) is 0 Å². The van der Waals surface area contributed by atoms with Crippen LogP contribution in [0.1, 0.15) is 21.5 Å². The molecule has 5 rings (SSSR count). The Hall–Kier alpha value is -4.69. The van der Waals surface area contributed by atoms with E-state index in [1.54, 1.807) is 60.7 Å². The first-order valence-electron chi connectivity index (χ1n) is 11.6. The van der Waals surface area contributed by atoms with Gasteiger partial charge in [0.25, 0.3) is 0 Å². The van der Waals surface area contributed by atoms with Crippen LogP contribution >= 0.6 is 11.6 Å². The van der Waals surface area contributed by atoms with Gasteiger partial charge in [-0.15, -0.1) is 0 Å². The number of nitrogens with zero attached hydrogens (tertiary/aromatic N) is 2. The molecule has 0 aliphatic rings. The average Bonchev–Trinajstić information content (AvgIpc) is 2.93. The van der Waals surface area contributed by atoms with Gasteiger partial charge in [-0.05, 0) is 24.3 Å². The Morgan fingerprint density at radius 3 is 2.10 bits per heavy atom. The number of alkyl halides is 3. The van der Waals surface area contributed by atoms with Gasteiger partial charge in [0.05, 0.1) is 27.5 Å². The maximum absolute atomic E-state index is 13.9. The van der Waals surface area contributed by atoms with Gasteiger partial charge in [-0.3, -0.25) is 9.78 Å². The van der Waals surface area contributed by atoms with Crippen LogP contribution in [0.2, 0.25) is 5.02 Å². The lowest BCUT2D eigenvalue weighted by molar-refractivity contribution is -0.136. The summed E-state index contributed by atoms with van der Waals surface area (Å²) in [6.45, 7) is 0. The molecule has 0 saturated heterocycles. The minimum atomic E-state index is -4.70. The molecule has 0 saturated carbocycles. The van der Waals surface area contributed by atoms with Gasteiger partial charge in [-0.25, -0.2) is 9.69 Å². The zero-order valence-electron chi connectivity index (χ0n) is 20.0. The lowest BCUT2D eigenvalue weighted by Gasteiger charge is -2.23. The van der Waals surface area contributed by atoms with Crippen LogP contribution in [0.15, 0.2) is 103 Å². The number of pyridine rings is 1. The normalized spacial score (nSPS) is 11.4. The molecule has 1 N–H and O–H groups in total. The minimum absolute atomic E-state index is 0.0219. The summed E-state index contributed by atoms with van der Waals surface area (Å²) < 4.78 is 41.7. The Morgan fingerprint density at radius 1 is 0.821 bits per heavy atom. The van der Waals surface area contributed by atoms with Crippen LogP contribution in [-0.4, -0.2) is 22.0 Å². The molecular formula is C30H18ClF3N2O3. The van der Waals surface area contributed by atoms with E-state index in [4.69, 9.17) is 11.6 Å². The molecule has 0 unspecified atom stereocenters. The van der Waals surface area contributed by atoms with Crippen molar-refractivity contribution in [1.82, 2.24) is 4.98 Å². The number of carbonyl (C=O) groups is 2. The number of benzene rings is 4. The van der Waals surface area contributed by atoms with Gasteiger partial charge in [0.15, 0.2) is 5.78 Å². The van der Waals surface area contributed by atoms with Crippen molar-refractivity contribution >= 4 is 45.8 Å². The number of rotatable bonds is 5. The van der Waals surface area contributed by atoms with E-state index in [1.165, 1.54) is 30.3 Å². The second kappa shape index (κ2) is 10.2. The summed E-state index contributed by atoms with van der Waals surface area (Å²) in [4.78, 5) is 30.9. The van der Waals surface area contributed by atoms with Crippen molar-refractivity contribution in [2.24, 2.45) is 0 Å². The molecule has 4 aromatic carbocycles. The molecule has 1 aromatic heterocycles. The Morgan fingerprint density at radius 2 is 1.46 bits per heavy atom.